The van der Waals surface area contributed by atoms with Gasteiger partial charge in [0, 0.05) is 30.1 Å². The molecule has 1 saturated heterocycles. The van der Waals surface area contributed by atoms with E-state index in [0.29, 0.717) is 12.2 Å². The first kappa shape index (κ1) is 15.5. The predicted molar refractivity (Wildman–Crippen MR) is 89.4 cm³/mol. The van der Waals surface area contributed by atoms with Crippen LogP contribution in [0, 0.1) is 0 Å². The van der Waals surface area contributed by atoms with Crippen LogP contribution in [0.5, 0.6) is 0 Å². The van der Waals surface area contributed by atoms with E-state index in [1.807, 2.05) is 0 Å². The molecule has 0 bridgehead atoms. The van der Waals surface area contributed by atoms with Gasteiger partial charge in [0.25, 0.3) is 0 Å². The molecule has 1 saturated carbocycles. The van der Waals surface area contributed by atoms with E-state index in [1.54, 1.807) is 0 Å². The van der Waals surface area contributed by atoms with Crippen molar-refractivity contribution in [2.75, 3.05) is 20.1 Å². The molecule has 1 heterocycles. The maximum Gasteiger partial charge on any atom is 0.0707 e. The predicted octanol–water partition coefficient (Wildman–Crippen LogP) is 3.18. The quantitative estimate of drug-likeness (QED) is 0.815. The molecule has 2 aliphatic rings. The Bertz CT molecular complexity index is 464. The lowest BCUT2D eigenvalue weighted by molar-refractivity contribution is 0.0266. The maximum absolute atomic E-state index is 6.16. The Labute approximate surface area is 136 Å². The van der Waals surface area contributed by atoms with Crippen LogP contribution in [-0.4, -0.2) is 43.3 Å². The van der Waals surface area contributed by atoms with Crippen molar-refractivity contribution >= 4 is 15.9 Å². The van der Waals surface area contributed by atoms with Gasteiger partial charge in [-0.15, -0.1) is 0 Å². The van der Waals surface area contributed by atoms with Gasteiger partial charge in [0.05, 0.1) is 12.2 Å². The van der Waals surface area contributed by atoms with Crippen LogP contribution in [0.4, 0.5) is 0 Å². The van der Waals surface area contributed by atoms with Gasteiger partial charge in [-0.2, -0.15) is 0 Å². The van der Waals surface area contributed by atoms with Crippen molar-refractivity contribution in [3.05, 3.63) is 34.3 Å². The molecule has 0 amide bonds. The second kappa shape index (κ2) is 7.23. The van der Waals surface area contributed by atoms with Gasteiger partial charge in [-0.25, -0.2) is 0 Å². The number of benzene rings is 1. The highest BCUT2D eigenvalue weighted by molar-refractivity contribution is 9.10. The van der Waals surface area contributed by atoms with Crippen molar-refractivity contribution < 1.29 is 4.74 Å². The van der Waals surface area contributed by atoms with Crippen molar-refractivity contribution in [1.29, 1.82) is 0 Å². The van der Waals surface area contributed by atoms with Gasteiger partial charge in [0.1, 0.15) is 0 Å². The van der Waals surface area contributed by atoms with Gasteiger partial charge in [0.2, 0.25) is 0 Å². The Morgan fingerprint density at radius 3 is 2.81 bits per heavy atom. The summed E-state index contributed by atoms with van der Waals surface area (Å²) in [5, 5.41) is 3.57. The molecular weight excluding hydrogens is 328 g/mol. The van der Waals surface area contributed by atoms with E-state index < -0.39 is 0 Å². The van der Waals surface area contributed by atoms with Crippen LogP contribution < -0.4 is 5.32 Å². The molecule has 4 heteroatoms. The van der Waals surface area contributed by atoms with Crippen molar-refractivity contribution in [1.82, 2.24) is 10.2 Å². The number of rotatable bonds is 7. The fourth-order valence-electron chi connectivity index (χ4n) is 3.01. The number of hydrogen-bond donors (Lipinski definition) is 1. The molecule has 21 heavy (non-hydrogen) atoms. The smallest absolute Gasteiger partial charge is 0.0707 e. The molecule has 3 nitrogen and oxygen atoms in total. The third kappa shape index (κ3) is 5.06. The molecule has 0 radical (unpaired) electrons. The van der Waals surface area contributed by atoms with Crippen LogP contribution in [0.25, 0.3) is 0 Å². The lowest BCUT2D eigenvalue weighted by Crippen LogP contribution is -2.32. The summed E-state index contributed by atoms with van der Waals surface area (Å²) >= 11 is 3.53. The zero-order valence-corrected chi connectivity index (χ0v) is 14.3. The average Bonchev–Trinajstić information content (AvgIpc) is 3.17. The van der Waals surface area contributed by atoms with Gasteiger partial charge < -0.3 is 10.1 Å². The molecule has 1 aromatic carbocycles. The van der Waals surface area contributed by atoms with Crippen LogP contribution in [0.15, 0.2) is 28.7 Å². The Kier molecular flexibility index (Phi) is 5.33. The Morgan fingerprint density at radius 2 is 2.05 bits per heavy atom. The second-order valence-electron chi connectivity index (χ2n) is 6.47. The standard InChI is InChI=1S/C17H25BrN2O/c1-20(11-13-3-2-4-14(18)9-13)12-17-8-7-16(21-17)10-19-15-5-6-15/h2-4,9,15-17,19H,5-8,10-12H2,1H3. The molecular formula is C17H25BrN2O. The second-order valence-corrected chi connectivity index (χ2v) is 7.38. The number of nitrogens with one attached hydrogen (secondary N) is 1. The van der Waals surface area contributed by atoms with Gasteiger partial charge in [-0.1, -0.05) is 28.1 Å². The normalized spacial score (nSPS) is 25.7. The minimum absolute atomic E-state index is 0.396. The summed E-state index contributed by atoms with van der Waals surface area (Å²) in [6.45, 7) is 3.03. The third-order valence-corrected chi connectivity index (χ3v) is 4.76. The molecule has 1 N–H and O–H groups in total. The van der Waals surface area contributed by atoms with Crippen LogP contribution in [0.2, 0.25) is 0 Å². The molecule has 2 atom stereocenters. The average molecular weight is 353 g/mol. The molecule has 3 rings (SSSR count). The topological polar surface area (TPSA) is 24.5 Å². The Morgan fingerprint density at radius 1 is 1.24 bits per heavy atom. The van der Waals surface area contributed by atoms with Crippen LogP contribution in [0.3, 0.4) is 0 Å². The highest BCUT2D eigenvalue weighted by Gasteiger charge is 2.28. The van der Waals surface area contributed by atoms with Crippen LogP contribution in [-0.2, 0) is 11.3 Å². The van der Waals surface area contributed by atoms with Gasteiger partial charge >= 0.3 is 0 Å². The molecule has 1 aliphatic heterocycles. The highest BCUT2D eigenvalue weighted by atomic mass is 79.9. The van der Waals surface area contributed by atoms with E-state index in [9.17, 15) is 0 Å². The zero-order chi connectivity index (χ0) is 14.7. The van der Waals surface area contributed by atoms with Gasteiger partial charge in [-0.3, -0.25) is 4.90 Å². The van der Waals surface area contributed by atoms with Crippen molar-refractivity contribution in [2.24, 2.45) is 0 Å². The zero-order valence-electron chi connectivity index (χ0n) is 12.7. The van der Waals surface area contributed by atoms with Crippen molar-refractivity contribution in [3.63, 3.8) is 0 Å². The Hall–Kier alpha value is -0.420. The summed E-state index contributed by atoms with van der Waals surface area (Å²) in [4.78, 5) is 2.36. The minimum atomic E-state index is 0.396. The van der Waals surface area contributed by atoms with Crippen molar-refractivity contribution in [2.45, 2.75) is 50.5 Å². The fraction of sp³-hybridized carbons (Fsp3) is 0.647. The lowest BCUT2D eigenvalue weighted by atomic mass is 10.1. The number of halogens is 1. The van der Waals surface area contributed by atoms with Gasteiger partial charge in [0.15, 0.2) is 0 Å². The van der Waals surface area contributed by atoms with E-state index >= 15 is 0 Å². The molecule has 1 aromatic rings. The summed E-state index contributed by atoms with van der Waals surface area (Å²) < 4.78 is 7.31. The first-order chi connectivity index (χ1) is 10.2. The first-order valence-corrected chi connectivity index (χ1v) is 8.80. The fourth-order valence-corrected chi connectivity index (χ4v) is 3.46. The van der Waals surface area contributed by atoms with E-state index in [0.717, 1.165) is 30.1 Å². The SMILES string of the molecule is CN(Cc1cccc(Br)c1)CC1CCC(CNC2CC2)O1. The molecule has 1 aliphatic carbocycles. The van der Waals surface area contributed by atoms with E-state index in [2.05, 4.69) is 57.5 Å². The van der Waals surface area contributed by atoms with Crippen molar-refractivity contribution in [3.8, 4) is 0 Å². The van der Waals surface area contributed by atoms with Gasteiger partial charge in [-0.05, 0) is 50.4 Å². The lowest BCUT2D eigenvalue weighted by Gasteiger charge is -2.21. The number of ether oxygens (including phenoxy) is 1. The van der Waals surface area contributed by atoms with Crippen LogP contribution >= 0.6 is 15.9 Å². The molecule has 116 valence electrons. The van der Waals surface area contributed by atoms with Crippen LogP contribution in [0.1, 0.15) is 31.2 Å². The maximum atomic E-state index is 6.16. The highest BCUT2D eigenvalue weighted by Crippen LogP contribution is 2.23. The summed E-state index contributed by atoms with van der Waals surface area (Å²) in [7, 11) is 2.18. The molecule has 2 fully saturated rings. The molecule has 2 unspecified atom stereocenters. The number of nitrogens with zero attached hydrogens (tertiary/aromatic N) is 1. The molecule has 0 aromatic heterocycles. The van der Waals surface area contributed by atoms with E-state index in [4.69, 9.17) is 4.74 Å². The summed E-state index contributed by atoms with van der Waals surface area (Å²) in [5.74, 6) is 0. The van der Waals surface area contributed by atoms with E-state index in [-0.39, 0.29) is 0 Å². The largest absolute Gasteiger partial charge is 0.372 e. The number of likely N-dealkylation sites (N-methyl/N-ethyl adjacent to an activating group) is 1. The third-order valence-electron chi connectivity index (χ3n) is 4.26. The first-order valence-electron chi connectivity index (χ1n) is 8.01. The van der Waals surface area contributed by atoms with E-state index in [1.165, 1.54) is 31.2 Å². The number of hydrogen-bond acceptors (Lipinski definition) is 3. The Balaban J connectivity index is 1.39. The summed E-state index contributed by atoms with van der Waals surface area (Å²) in [5.41, 5.74) is 1.34. The minimum Gasteiger partial charge on any atom is -0.372 e. The summed E-state index contributed by atoms with van der Waals surface area (Å²) in [6.07, 6.45) is 5.93. The summed E-state index contributed by atoms with van der Waals surface area (Å²) in [6, 6.07) is 9.32. The monoisotopic (exact) mass is 352 g/mol. The molecule has 0 spiro atoms.